The number of hydrogen-bond donors (Lipinski definition) is 4. The third-order valence-electron chi connectivity index (χ3n) is 12.2. The van der Waals surface area contributed by atoms with E-state index in [0.717, 1.165) is 38.5 Å². The summed E-state index contributed by atoms with van der Waals surface area (Å²) < 4.78 is 0. The van der Waals surface area contributed by atoms with Gasteiger partial charge in [0.05, 0.1) is 11.7 Å². The van der Waals surface area contributed by atoms with Crippen LogP contribution >= 0.6 is 0 Å². The van der Waals surface area contributed by atoms with Crippen LogP contribution in [0, 0.1) is 45.3 Å². The van der Waals surface area contributed by atoms with Crippen molar-refractivity contribution in [2.24, 2.45) is 45.3 Å². The van der Waals surface area contributed by atoms with Gasteiger partial charge in [-0.25, -0.2) is 0 Å². The minimum Gasteiger partial charge on any atom is -0.390 e. The average Bonchev–Trinajstić information content (AvgIpc) is 3.05. The quantitative estimate of drug-likeness (QED) is 0.421. The van der Waals surface area contributed by atoms with Crippen LogP contribution in [-0.4, -0.2) is 50.1 Å². The Morgan fingerprint density at radius 2 is 1.60 bits per heavy atom. The lowest BCUT2D eigenvalue weighted by atomic mass is 9.41. The highest BCUT2D eigenvalue weighted by molar-refractivity contribution is 5.85. The summed E-state index contributed by atoms with van der Waals surface area (Å²) in [6.07, 6.45) is 5.41. The van der Waals surface area contributed by atoms with E-state index < -0.39 is 23.9 Å². The molecule has 200 valence electrons. The van der Waals surface area contributed by atoms with Gasteiger partial charge < -0.3 is 20.4 Å². The molecule has 5 nitrogen and oxygen atoms in total. The van der Waals surface area contributed by atoms with Crippen LogP contribution in [0.4, 0.5) is 0 Å². The number of aliphatic hydroxyl groups is 4. The van der Waals surface area contributed by atoms with Crippen LogP contribution in [0.25, 0.3) is 0 Å². The second-order valence-electron chi connectivity index (χ2n) is 14.5. The highest BCUT2D eigenvalue weighted by Crippen LogP contribution is 2.73. The van der Waals surface area contributed by atoms with E-state index in [1.54, 1.807) is 5.57 Å². The zero-order valence-corrected chi connectivity index (χ0v) is 23.3. The Morgan fingerprint density at radius 3 is 2.20 bits per heavy atom. The van der Waals surface area contributed by atoms with Crippen molar-refractivity contribution in [2.75, 3.05) is 0 Å². The summed E-state index contributed by atoms with van der Waals surface area (Å²) in [5.74, 6) is 1.30. The van der Waals surface area contributed by atoms with Crippen LogP contribution in [0.15, 0.2) is 11.6 Å². The first-order chi connectivity index (χ1) is 15.9. The summed E-state index contributed by atoms with van der Waals surface area (Å²) in [7, 11) is 0. The molecule has 0 heterocycles. The maximum atomic E-state index is 12.8. The van der Waals surface area contributed by atoms with Crippen LogP contribution in [0.1, 0.15) is 100 Å². The lowest BCUT2D eigenvalue weighted by Crippen LogP contribution is -2.58. The zero-order valence-electron chi connectivity index (χ0n) is 23.3. The molecule has 4 N–H and O–H groups in total. The van der Waals surface area contributed by atoms with E-state index in [-0.39, 0.29) is 33.5 Å². The van der Waals surface area contributed by atoms with Gasteiger partial charge in [0, 0.05) is 11.8 Å². The number of fused-ring (bicyclic) bond motifs is 5. The number of hydrogen-bond acceptors (Lipinski definition) is 5. The minimum absolute atomic E-state index is 0.0155. The van der Waals surface area contributed by atoms with E-state index >= 15 is 0 Å². The number of rotatable bonds is 5. The van der Waals surface area contributed by atoms with Crippen LogP contribution in [-0.2, 0) is 4.79 Å². The normalized spacial score (nSPS) is 44.4. The van der Waals surface area contributed by atoms with Crippen molar-refractivity contribution >= 4 is 5.78 Å². The molecule has 10 atom stereocenters. The lowest BCUT2D eigenvalue weighted by molar-refractivity contribution is -0.158. The average molecular weight is 491 g/mol. The largest absolute Gasteiger partial charge is 0.390 e. The fraction of sp³-hybridized carbons (Fsp3) is 0.900. The van der Waals surface area contributed by atoms with Gasteiger partial charge in [-0.1, -0.05) is 53.2 Å². The van der Waals surface area contributed by atoms with E-state index in [2.05, 4.69) is 40.7 Å². The Balaban J connectivity index is 1.63. The zero-order chi connectivity index (χ0) is 26.4. The van der Waals surface area contributed by atoms with Crippen molar-refractivity contribution in [1.82, 2.24) is 0 Å². The highest BCUT2D eigenvalue weighted by Gasteiger charge is 2.65. The van der Waals surface area contributed by atoms with Gasteiger partial charge in [-0.05, 0) is 92.3 Å². The maximum absolute atomic E-state index is 12.8. The molecule has 4 aliphatic carbocycles. The molecule has 0 spiro atoms. The van der Waals surface area contributed by atoms with Crippen molar-refractivity contribution in [3.05, 3.63) is 11.6 Å². The molecular weight excluding hydrogens is 440 g/mol. The highest BCUT2D eigenvalue weighted by atomic mass is 16.4. The third kappa shape index (κ3) is 3.73. The third-order valence-corrected chi connectivity index (χ3v) is 12.2. The molecule has 0 aromatic heterocycles. The van der Waals surface area contributed by atoms with Gasteiger partial charge in [0.25, 0.3) is 0 Å². The molecule has 0 radical (unpaired) electrons. The van der Waals surface area contributed by atoms with Gasteiger partial charge in [0.1, 0.15) is 18.0 Å². The Kier molecular flexibility index (Phi) is 6.53. The van der Waals surface area contributed by atoms with Crippen LogP contribution < -0.4 is 0 Å². The molecule has 3 saturated carbocycles. The van der Waals surface area contributed by atoms with Gasteiger partial charge in [0.2, 0.25) is 0 Å². The number of Topliss-reactive ketones (excluding diaryl/α,β-unsaturated/α-hetero) is 1. The number of ketones is 1. The minimum atomic E-state index is -1.49. The fourth-order valence-electron chi connectivity index (χ4n) is 9.55. The van der Waals surface area contributed by atoms with Crippen molar-refractivity contribution in [1.29, 1.82) is 0 Å². The number of aliphatic hydroxyl groups excluding tert-OH is 3. The van der Waals surface area contributed by atoms with E-state index in [1.165, 1.54) is 13.8 Å². The molecule has 4 aliphatic rings. The van der Waals surface area contributed by atoms with Crippen molar-refractivity contribution < 1.29 is 25.2 Å². The SMILES string of the molecule is C[C@@H]([C@H](O)[C@H](O)[C@@H](O)C(C)(C)O)[C@@H]1CC[C@]2(C)C3=CC[C@@H]4C(C)(C)C(=O)CC[C@]4(C)[C@@H]3CC[C@@]12C. The Bertz CT molecular complexity index is 886. The van der Waals surface area contributed by atoms with Gasteiger partial charge in [-0.2, -0.15) is 0 Å². The molecule has 0 aromatic carbocycles. The molecule has 0 aliphatic heterocycles. The molecule has 0 saturated heterocycles. The summed E-state index contributed by atoms with van der Waals surface area (Å²) in [5.41, 5.74) is -0.0314. The second kappa shape index (κ2) is 8.38. The molecule has 0 amide bonds. The van der Waals surface area contributed by atoms with Gasteiger partial charge >= 0.3 is 0 Å². The first-order valence-electron chi connectivity index (χ1n) is 13.9. The van der Waals surface area contributed by atoms with E-state index in [1.807, 2.05) is 6.92 Å². The number of carbonyl (C=O) groups is 1. The molecular formula is C30H50O5. The first-order valence-corrected chi connectivity index (χ1v) is 13.9. The molecule has 35 heavy (non-hydrogen) atoms. The summed E-state index contributed by atoms with van der Waals surface area (Å²) in [6.45, 7) is 16.5. The second-order valence-corrected chi connectivity index (χ2v) is 14.5. The van der Waals surface area contributed by atoms with Crippen LogP contribution in [0.5, 0.6) is 0 Å². The lowest BCUT2D eigenvalue weighted by Gasteiger charge is -2.63. The van der Waals surface area contributed by atoms with E-state index in [9.17, 15) is 25.2 Å². The summed E-state index contributed by atoms with van der Waals surface area (Å²) in [4.78, 5) is 12.8. The van der Waals surface area contributed by atoms with Crippen LogP contribution in [0.2, 0.25) is 0 Å². The molecule has 4 rings (SSSR count). The molecule has 0 unspecified atom stereocenters. The van der Waals surface area contributed by atoms with Gasteiger partial charge in [0.15, 0.2) is 0 Å². The fourth-order valence-corrected chi connectivity index (χ4v) is 9.55. The Morgan fingerprint density at radius 1 is 0.971 bits per heavy atom. The van der Waals surface area contributed by atoms with Gasteiger partial charge in [-0.3, -0.25) is 4.79 Å². The smallest absolute Gasteiger partial charge is 0.138 e. The van der Waals surface area contributed by atoms with Crippen molar-refractivity contribution in [3.8, 4) is 0 Å². The summed E-state index contributed by atoms with van der Waals surface area (Å²) >= 11 is 0. The molecule has 0 bridgehead atoms. The topological polar surface area (TPSA) is 98.0 Å². The van der Waals surface area contributed by atoms with E-state index in [4.69, 9.17) is 0 Å². The van der Waals surface area contributed by atoms with Crippen LogP contribution in [0.3, 0.4) is 0 Å². The molecule has 3 fully saturated rings. The maximum Gasteiger partial charge on any atom is 0.138 e. The first kappa shape index (κ1) is 27.3. The Labute approximate surface area is 212 Å². The summed E-state index contributed by atoms with van der Waals surface area (Å²) in [5, 5.41) is 42.4. The van der Waals surface area contributed by atoms with Gasteiger partial charge in [-0.15, -0.1) is 0 Å². The van der Waals surface area contributed by atoms with E-state index in [0.29, 0.717) is 24.0 Å². The number of carbonyl (C=O) groups excluding carboxylic acids is 1. The molecule has 0 aromatic rings. The predicted octanol–water partition coefficient (Wildman–Crippen LogP) is 4.65. The molecule has 5 heteroatoms. The van der Waals surface area contributed by atoms with Crippen molar-refractivity contribution in [2.45, 2.75) is 124 Å². The number of allylic oxidation sites excluding steroid dienone is 2. The standard InChI is InChI=1S/C30H50O5/c1-17(23(32)24(33)25(34)27(4,5)35)18-11-15-30(8)20-9-10-21-26(2,3)22(31)13-14-28(21,6)19(20)12-16-29(18,30)7/h9,17-19,21,23-25,32-35H,10-16H2,1-8H3/t17-,18+,19-,21-,23+,24+,25-,28-,29+,30-/m1/s1. The van der Waals surface area contributed by atoms with Crippen molar-refractivity contribution in [3.63, 3.8) is 0 Å². The monoisotopic (exact) mass is 490 g/mol. The predicted molar refractivity (Wildman–Crippen MR) is 137 cm³/mol. The Hall–Kier alpha value is -0.750. The summed E-state index contributed by atoms with van der Waals surface area (Å²) in [6, 6.07) is 0.